The highest BCUT2D eigenvalue weighted by atomic mass is 16.5. The van der Waals surface area contributed by atoms with Gasteiger partial charge in [0.05, 0.1) is 6.10 Å². The molecule has 3 rings (SSSR count). The summed E-state index contributed by atoms with van der Waals surface area (Å²) in [5.74, 6) is 0.431. The van der Waals surface area contributed by atoms with Crippen molar-refractivity contribution in [3.63, 3.8) is 0 Å². The normalized spacial score (nSPS) is 34.2. The molecule has 0 aromatic carbocycles. The second-order valence-electron chi connectivity index (χ2n) is 7.72. The maximum atomic E-state index is 12.9. The number of nitrogens with one attached hydrogen (secondary N) is 1. The second-order valence-corrected chi connectivity index (χ2v) is 7.72. The maximum Gasteiger partial charge on any atom is 0.246 e. The Morgan fingerprint density at radius 1 is 1.24 bits per heavy atom. The standard InChI is InChI=1S/C16H26N2O3/c1-16(2,3)13-15(20)18(9-11-5-4-8-21-11)12(10-6-7-10)14(19)17-13/h10-13H,4-9H2,1-3H3,(H,17,19). The van der Waals surface area contributed by atoms with E-state index in [1.165, 1.54) is 0 Å². The first kappa shape index (κ1) is 14.8. The minimum atomic E-state index is -0.429. The lowest BCUT2D eigenvalue weighted by molar-refractivity contribution is -0.155. The van der Waals surface area contributed by atoms with Crippen LogP contribution in [0.2, 0.25) is 0 Å². The molecule has 2 amide bonds. The van der Waals surface area contributed by atoms with Gasteiger partial charge in [-0.25, -0.2) is 0 Å². The maximum absolute atomic E-state index is 12.9. The number of hydrogen-bond acceptors (Lipinski definition) is 3. The molecule has 1 saturated carbocycles. The third-order valence-corrected chi connectivity index (χ3v) is 4.78. The molecule has 21 heavy (non-hydrogen) atoms. The van der Waals surface area contributed by atoms with Crippen molar-refractivity contribution in [2.75, 3.05) is 13.2 Å². The van der Waals surface area contributed by atoms with Gasteiger partial charge in [0.25, 0.3) is 0 Å². The molecule has 5 heteroatoms. The van der Waals surface area contributed by atoms with Crippen LogP contribution in [0.1, 0.15) is 46.5 Å². The summed E-state index contributed by atoms with van der Waals surface area (Å²) in [7, 11) is 0. The molecule has 0 aromatic heterocycles. The highest BCUT2D eigenvalue weighted by Crippen LogP contribution is 2.39. The summed E-state index contributed by atoms with van der Waals surface area (Å²) in [5, 5.41) is 2.96. The van der Waals surface area contributed by atoms with E-state index in [0.29, 0.717) is 12.5 Å². The van der Waals surface area contributed by atoms with Crippen molar-refractivity contribution < 1.29 is 14.3 Å². The lowest BCUT2D eigenvalue weighted by Crippen LogP contribution is -2.68. The van der Waals surface area contributed by atoms with Gasteiger partial charge in [-0.1, -0.05) is 20.8 Å². The van der Waals surface area contributed by atoms with Gasteiger partial charge in [0.15, 0.2) is 0 Å². The van der Waals surface area contributed by atoms with Crippen molar-refractivity contribution in [1.82, 2.24) is 10.2 Å². The lowest BCUT2D eigenvalue weighted by atomic mass is 9.83. The zero-order valence-corrected chi connectivity index (χ0v) is 13.2. The van der Waals surface area contributed by atoms with Gasteiger partial charge in [0.1, 0.15) is 12.1 Å². The number of carbonyl (C=O) groups is 2. The van der Waals surface area contributed by atoms with Gasteiger partial charge in [-0.2, -0.15) is 0 Å². The number of amides is 2. The van der Waals surface area contributed by atoms with E-state index in [4.69, 9.17) is 4.74 Å². The van der Waals surface area contributed by atoms with Crippen LogP contribution in [-0.2, 0) is 14.3 Å². The Labute approximate surface area is 126 Å². The van der Waals surface area contributed by atoms with E-state index < -0.39 is 6.04 Å². The summed E-state index contributed by atoms with van der Waals surface area (Å²) in [4.78, 5) is 27.2. The average Bonchev–Trinajstić information content (AvgIpc) is 3.08. The molecule has 2 saturated heterocycles. The number of carbonyl (C=O) groups excluding carboxylic acids is 2. The Morgan fingerprint density at radius 2 is 1.95 bits per heavy atom. The largest absolute Gasteiger partial charge is 0.376 e. The third kappa shape index (κ3) is 2.93. The molecule has 1 N–H and O–H groups in total. The second kappa shape index (κ2) is 5.27. The summed E-state index contributed by atoms with van der Waals surface area (Å²) < 4.78 is 5.68. The molecule has 5 nitrogen and oxygen atoms in total. The Hall–Kier alpha value is -1.10. The topological polar surface area (TPSA) is 58.6 Å². The van der Waals surface area contributed by atoms with Crippen LogP contribution in [0, 0.1) is 11.3 Å². The van der Waals surface area contributed by atoms with Crippen molar-refractivity contribution in [3.8, 4) is 0 Å². The van der Waals surface area contributed by atoms with Crippen LogP contribution in [0.5, 0.6) is 0 Å². The zero-order chi connectivity index (χ0) is 15.2. The fourth-order valence-electron chi connectivity index (χ4n) is 3.41. The predicted octanol–water partition coefficient (Wildman–Crippen LogP) is 1.32. The summed E-state index contributed by atoms with van der Waals surface area (Å²) in [5.41, 5.74) is -0.268. The van der Waals surface area contributed by atoms with Crippen molar-refractivity contribution >= 4 is 11.8 Å². The van der Waals surface area contributed by atoms with Crippen molar-refractivity contribution in [2.24, 2.45) is 11.3 Å². The smallest absolute Gasteiger partial charge is 0.246 e. The van der Waals surface area contributed by atoms with Crippen molar-refractivity contribution in [3.05, 3.63) is 0 Å². The van der Waals surface area contributed by atoms with Crippen LogP contribution in [0.15, 0.2) is 0 Å². The van der Waals surface area contributed by atoms with Gasteiger partial charge in [-0.15, -0.1) is 0 Å². The molecule has 0 bridgehead atoms. The van der Waals surface area contributed by atoms with Crippen LogP contribution >= 0.6 is 0 Å². The first-order chi connectivity index (χ1) is 9.88. The van der Waals surface area contributed by atoms with Crippen molar-refractivity contribution in [1.29, 1.82) is 0 Å². The van der Waals surface area contributed by atoms with Crippen LogP contribution in [0.4, 0.5) is 0 Å². The molecule has 0 aromatic rings. The van der Waals surface area contributed by atoms with Gasteiger partial charge < -0.3 is 15.0 Å². The molecule has 3 fully saturated rings. The van der Waals surface area contributed by atoms with Gasteiger partial charge in [0, 0.05) is 13.2 Å². The molecule has 0 radical (unpaired) electrons. The number of piperazine rings is 1. The minimum absolute atomic E-state index is 0.0232. The third-order valence-electron chi connectivity index (χ3n) is 4.78. The number of ether oxygens (including phenoxy) is 1. The summed E-state index contributed by atoms with van der Waals surface area (Å²) in [6.07, 6.45) is 4.24. The lowest BCUT2D eigenvalue weighted by Gasteiger charge is -2.44. The molecule has 118 valence electrons. The summed E-state index contributed by atoms with van der Waals surface area (Å²) in [6.45, 7) is 7.34. The molecule has 3 unspecified atom stereocenters. The number of hydrogen-bond donors (Lipinski definition) is 1. The van der Waals surface area contributed by atoms with Crippen LogP contribution < -0.4 is 5.32 Å². The van der Waals surface area contributed by atoms with Gasteiger partial charge in [-0.05, 0) is 37.0 Å². The predicted molar refractivity (Wildman–Crippen MR) is 78.6 cm³/mol. The van der Waals surface area contributed by atoms with E-state index in [0.717, 1.165) is 32.3 Å². The van der Waals surface area contributed by atoms with Gasteiger partial charge in [0.2, 0.25) is 11.8 Å². The highest BCUT2D eigenvalue weighted by Gasteiger charge is 2.50. The van der Waals surface area contributed by atoms with E-state index in [2.05, 4.69) is 5.32 Å². The molecule has 1 aliphatic carbocycles. The Bertz CT molecular complexity index is 433. The van der Waals surface area contributed by atoms with Gasteiger partial charge in [-0.3, -0.25) is 9.59 Å². The molecule has 2 heterocycles. The van der Waals surface area contributed by atoms with E-state index in [1.54, 1.807) is 0 Å². The molecule has 0 spiro atoms. The van der Waals surface area contributed by atoms with Crippen LogP contribution in [0.3, 0.4) is 0 Å². The average molecular weight is 294 g/mol. The molecule has 3 aliphatic rings. The minimum Gasteiger partial charge on any atom is -0.376 e. The molecular formula is C16H26N2O3. The first-order valence-electron chi connectivity index (χ1n) is 8.10. The molecule has 2 aliphatic heterocycles. The first-order valence-corrected chi connectivity index (χ1v) is 8.10. The van der Waals surface area contributed by atoms with E-state index in [1.807, 2.05) is 25.7 Å². The fourth-order valence-corrected chi connectivity index (χ4v) is 3.41. The number of rotatable bonds is 3. The fraction of sp³-hybridized carbons (Fsp3) is 0.875. The SMILES string of the molecule is CC(C)(C)C1NC(=O)C(C2CC2)N(CC2CCCO2)C1=O. The Morgan fingerprint density at radius 3 is 2.48 bits per heavy atom. The monoisotopic (exact) mass is 294 g/mol. The highest BCUT2D eigenvalue weighted by molar-refractivity contribution is 5.97. The quantitative estimate of drug-likeness (QED) is 0.854. The van der Waals surface area contributed by atoms with E-state index in [9.17, 15) is 9.59 Å². The van der Waals surface area contributed by atoms with E-state index in [-0.39, 0.29) is 29.4 Å². The number of nitrogens with zero attached hydrogens (tertiary/aromatic N) is 1. The summed E-state index contributed by atoms with van der Waals surface area (Å²) >= 11 is 0. The zero-order valence-electron chi connectivity index (χ0n) is 13.2. The molecular weight excluding hydrogens is 268 g/mol. The van der Waals surface area contributed by atoms with Crippen LogP contribution in [-0.4, -0.2) is 48.1 Å². The van der Waals surface area contributed by atoms with Crippen molar-refractivity contribution in [2.45, 2.75) is 64.6 Å². The molecule has 3 atom stereocenters. The Balaban J connectivity index is 1.81. The summed E-state index contributed by atoms with van der Waals surface area (Å²) in [6, 6.07) is -0.707. The van der Waals surface area contributed by atoms with Crippen LogP contribution in [0.25, 0.3) is 0 Å². The Kier molecular flexibility index (Phi) is 3.72. The van der Waals surface area contributed by atoms with Gasteiger partial charge >= 0.3 is 0 Å². The van der Waals surface area contributed by atoms with E-state index >= 15 is 0 Å².